The van der Waals surface area contributed by atoms with Crippen LogP contribution in [0.5, 0.6) is 5.75 Å². The Balaban J connectivity index is 2.03. The first-order valence-electron chi connectivity index (χ1n) is 7.26. The number of para-hydroxylation sites is 1. The van der Waals surface area contributed by atoms with E-state index in [4.69, 9.17) is 4.74 Å². The Kier molecular flexibility index (Phi) is 4.83. The molecule has 0 aromatic heterocycles. The highest BCUT2D eigenvalue weighted by Gasteiger charge is 2.31. The average molecular weight is 291 g/mol. The van der Waals surface area contributed by atoms with Crippen LogP contribution in [0.1, 0.15) is 25.8 Å². The van der Waals surface area contributed by atoms with Crippen molar-refractivity contribution in [1.29, 1.82) is 0 Å². The monoisotopic (exact) mass is 291 g/mol. The lowest BCUT2D eigenvalue weighted by molar-refractivity contribution is -0.144. The van der Waals surface area contributed by atoms with Crippen molar-refractivity contribution >= 4 is 11.9 Å². The molecule has 1 aromatic carbocycles. The molecule has 0 saturated heterocycles. The van der Waals surface area contributed by atoms with Crippen molar-refractivity contribution in [2.75, 3.05) is 6.61 Å². The van der Waals surface area contributed by atoms with Crippen LogP contribution in [-0.2, 0) is 16.0 Å². The van der Waals surface area contributed by atoms with E-state index in [0.29, 0.717) is 12.8 Å². The summed E-state index contributed by atoms with van der Waals surface area (Å²) in [5.41, 5.74) is 0.985. The fourth-order valence-electron chi connectivity index (χ4n) is 2.45. The number of fused-ring (bicyclic) bond motifs is 1. The van der Waals surface area contributed by atoms with Crippen LogP contribution < -0.4 is 10.1 Å². The summed E-state index contributed by atoms with van der Waals surface area (Å²) in [6.45, 7) is 4.02. The Morgan fingerprint density at radius 1 is 1.43 bits per heavy atom. The molecule has 3 atom stereocenters. The van der Waals surface area contributed by atoms with Gasteiger partial charge in [0.25, 0.3) is 0 Å². The minimum Gasteiger partial charge on any atom is -0.492 e. The van der Waals surface area contributed by atoms with Crippen LogP contribution >= 0.6 is 0 Å². The second-order valence-electron chi connectivity index (χ2n) is 5.53. The highest BCUT2D eigenvalue weighted by Crippen LogP contribution is 2.27. The summed E-state index contributed by atoms with van der Waals surface area (Å²) in [5.74, 6) is -0.889. The number of benzene rings is 1. The molecule has 0 radical (unpaired) electrons. The number of rotatable bonds is 5. The number of aliphatic carboxylic acids is 1. The van der Waals surface area contributed by atoms with Crippen LogP contribution in [0.15, 0.2) is 24.3 Å². The SMILES string of the molecule is CC[C@H](C)[C@H](NC(=O)C1COc2ccccc2C1)C(=O)O. The lowest BCUT2D eigenvalue weighted by Gasteiger charge is -2.27. The summed E-state index contributed by atoms with van der Waals surface area (Å²) >= 11 is 0. The lowest BCUT2D eigenvalue weighted by atomic mass is 9.94. The molecule has 0 spiro atoms. The van der Waals surface area contributed by atoms with Crippen molar-refractivity contribution in [3.63, 3.8) is 0 Å². The van der Waals surface area contributed by atoms with Gasteiger partial charge in [-0.2, -0.15) is 0 Å². The van der Waals surface area contributed by atoms with Crippen LogP contribution in [0.2, 0.25) is 0 Å². The minimum atomic E-state index is -0.991. The Hall–Kier alpha value is -2.04. The van der Waals surface area contributed by atoms with Gasteiger partial charge in [-0.05, 0) is 24.0 Å². The molecule has 21 heavy (non-hydrogen) atoms. The largest absolute Gasteiger partial charge is 0.492 e. The van der Waals surface area contributed by atoms with Crippen molar-refractivity contribution < 1.29 is 19.4 Å². The molecule has 0 saturated carbocycles. The number of carboxylic acid groups (broad SMARTS) is 1. The predicted octanol–water partition coefficient (Wildman–Crippen LogP) is 1.85. The number of nitrogens with one attached hydrogen (secondary N) is 1. The molecule has 1 heterocycles. The van der Waals surface area contributed by atoms with Gasteiger partial charge in [-0.15, -0.1) is 0 Å². The quantitative estimate of drug-likeness (QED) is 0.868. The van der Waals surface area contributed by atoms with E-state index in [9.17, 15) is 14.7 Å². The highest BCUT2D eigenvalue weighted by molar-refractivity contribution is 5.85. The zero-order valence-electron chi connectivity index (χ0n) is 12.3. The molecule has 1 aromatic rings. The number of ether oxygens (including phenoxy) is 1. The fourth-order valence-corrected chi connectivity index (χ4v) is 2.45. The lowest BCUT2D eigenvalue weighted by Crippen LogP contribution is -2.49. The van der Waals surface area contributed by atoms with Crippen molar-refractivity contribution in [2.24, 2.45) is 11.8 Å². The first kappa shape index (κ1) is 15.4. The van der Waals surface area contributed by atoms with E-state index in [1.807, 2.05) is 38.1 Å². The summed E-state index contributed by atoms with van der Waals surface area (Å²) < 4.78 is 5.58. The van der Waals surface area contributed by atoms with E-state index in [-0.39, 0.29) is 24.3 Å². The van der Waals surface area contributed by atoms with Gasteiger partial charge in [0.1, 0.15) is 18.4 Å². The van der Waals surface area contributed by atoms with Gasteiger partial charge < -0.3 is 15.2 Å². The summed E-state index contributed by atoms with van der Waals surface area (Å²) in [6, 6.07) is 6.75. The van der Waals surface area contributed by atoms with Gasteiger partial charge in [-0.25, -0.2) is 4.79 Å². The van der Waals surface area contributed by atoms with Gasteiger partial charge in [-0.1, -0.05) is 38.5 Å². The van der Waals surface area contributed by atoms with Crippen molar-refractivity contribution in [3.8, 4) is 5.75 Å². The van der Waals surface area contributed by atoms with Crippen LogP contribution in [-0.4, -0.2) is 29.6 Å². The van der Waals surface area contributed by atoms with Crippen molar-refractivity contribution in [1.82, 2.24) is 5.32 Å². The first-order valence-corrected chi connectivity index (χ1v) is 7.26. The summed E-state index contributed by atoms with van der Waals surface area (Å²) in [4.78, 5) is 23.6. The van der Waals surface area contributed by atoms with E-state index in [1.54, 1.807) is 0 Å². The van der Waals surface area contributed by atoms with Crippen molar-refractivity contribution in [2.45, 2.75) is 32.7 Å². The average Bonchev–Trinajstić information content (AvgIpc) is 2.50. The van der Waals surface area contributed by atoms with Gasteiger partial charge in [-0.3, -0.25) is 4.79 Å². The van der Waals surface area contributed by atoms with E-state index >= 15 is 0 Å². The van der Waals surface area contributed by atoms with E-state index in [2.05, 4.69) is 5.32 Å². The third-order valence-electron chi connectivity index (χ3n) is 4.03. The number of amides is 1. The Bertz CT molecular complexity index is 529. The molecule has 2 rings (SSSR count). The predicted molar refractivity (Wildman–Crippen MR) is 78.2 cm³/mol. The molecule has 1 aliphatic heterocycles. The normalized spacial score (nSPS) is 19.8. The zero-order chi connectivity index (χ0) is 15.4. The highest BCUT2D eigenvalue weighted by atomic mass is 16.5. The van der Waals surface area contributed by atoms with E-state index in [0.717, 1.165) is 11.3 Å². The maximum Gasteiger partial charge on any atom is 0.326 e. The standard InChI is InChI=1S/C16H21NO4/c1-3-10(2)14(16(19)20)17-15(18)12-8-11-6-4-5-7-13(11)21-9-12/h4-7,10,12,14H,3,8-9H2,1-2H3,(H,17,18)(H,19,20)/t10-,12?,14-/m0/s1. The van der Waals surface area contributed by atoms with E-state index < -0.39 is 12.0 Å². The third-order valence-corrected chi connectivity index (χ3v) is 4.03. The van der Waals surface area contributed by atoms with Crippen LogP contribution in [0.4, 0.5) is 0 Å². The molecule has 1 amide bonds. The molecular weight excluding hydrogens is 270 g/mol. The first-order chi connectivity index (χ1) is 10.0. The van der Waals surface area contributed by atoms with Gasteiger partial charge in [0, 0.05) is 0 Å². The molecule has 1 unspecified atom stereocenters. The third kappa shape index (κ3) is 3.54. The van der Waals surface area contributed by atoms with E-state index in [1.165, 1.54) is 0 Å². The molecule has 5 heteroatoms. The number of carbonyl (C=O) groups is 2. The van der Waals surface area contributed by atoms with Gasteiger partial charge >= 0.3 is 5.97 Å². The molecule has 0 fully saturated rings. The van der Waals surface area contributed by atoms with Gasteiger partial charge in [0.15, 0.2) is 0 Å². The van der Waals surface area contributed by atoms with Crippen LogP contribution in [0, 0.1) is 11.8 Å². The zero-order valence-corrected chi connectivity index (χ0v) is 12.3. The Labute approximate surface area is 124 Å². The second-order valence-corrected chi connectivity index (χ2v) is 5.53. The number of hydrogen-bond acceptors (Lipinski definition) is 3. The molecule has 2 N–H and O–H groups in total. The Morgan fingerprint density at radius 3 is 2.81 bits per heavy atom. The van der Waals surface area contributed by atoms with Gasteiger partial charge in [0.2, 0.25) is 5.91 Å². The maximum absolute atomic E-state index is 12.3. The number of hydrogen-bond donors (Lipinski definition) is 2. The smallest absolute Gasteiger partial charge is 0.326 e. The number of carbonyl (C=O) groups excluding carboxylic acids is 1. The molecule has 1 aliphatic rings. The molecular formula is C16H21NO4. The minimum absolute atomic E-state index is 0.108. The maximum atomic E-state index is 12.3. The van der Waals surface area contributed by atoms with Crippen LogP contribution in [0.25, 0.3) is 0 Å². The van der Waals surface area contributed by atoms with Crippen LogP contribution in [0.3, 0.4) is 0 Å². The second kappa shape index (κ2) is 6.61. The summed E-state index contributed by atoms with van der Waals surface area (Å²) in [7, 11) is 0. The molecule has 0 bridgehead atoms. The Morgan fingerprint density at radius 2 is 2.14 bits per heavy atom. The van der Waals surface area contributed by atoms with Crippen molar-refractivity contribution in [3.05, 3.63) is 29.8 Å². The topological polar surface area (TPSA) is 75.6 Å². The molecule has 114 valence electrons. The summed E-state index contributed by atoms with van der Waals surface area (Å²) in [5, 5.41) is 11.9. The van der Waals surface area contributed by atoms with Gasteiger partial charge in [0.05, 0.1) is 5.92 Å². The molecule has 0 aliphatic carbocycles. The number of carboxylic acids is 1. The fraction of sp³-hybridized carbons (Fsp3) is 0.500. The molecule has 5 nitrogen and oxygen atoms in total. The summed E-state index contributed by atoms with van der Waals surface area (Å²) in [6.07, 6.45) is 1.27.